The average Bonchev–Trinajstić information content (AvgIpc) is 3.50. The van der Waals surface area contributed by atoms with Crippen LogP contribution in [0.1, 0.15) is 164 Å². The van der Waals surface area contributed by atoms with Gasteiger partial charge in [-0.3, -0.25) is 9.59 Å². The van der Waals surface area contributed by atoms with Crippen LogP contribution in [0.3, 0.4) is 0 Å². The molecule has 1 N–H and O–H groups in total. The van der Waals surface area contributed by atoms with Crippen LogP contribution >= 0.6 is 0 Å². The molecule has 66 heavy (non-hydrogen) atoms. The molecule has 0 radical (unpaired) electrons. The average molecular weight is 929 g/mol. The van der Waals surface area contributed by atoms with Gasteiger partial charge in [0.2, 0.25) is 0 Å². The van der Waals surface area contributed by atoms with Crippen molar-refractivity contribution in [1.29, 1.82) is 0 Å². The molecule has 2 unspecified atom stereocenters. The number of ketones is 1. The molecule has 11 heteroatoms. The standard InChI is InChI=1S/C55H74N4O5S.Mg/c1-12-38-35(8)41-27-42-36(9)39(23-24-47(60)64-26-25-34(7)22-16-21-33(6)20-15-19-32(5)18-14-17-31(3)4)51(58-42)49-50(54(62)63-11)53(61)48-37(10)43(59-52(48)49)28-45-40(13-2)55(30-65-55)46(57-45)29-44(38)56-41;/h12,25,27-29,31-33,36,39,50-51,54,62H,1,13-24,26,30H2,2-11H3;/q-4;+2/p+1/b34-25+,42-27-,43-28-,46-29-;/t32-,33-,36+,39+,50-,51?,54?,55-;/m1./s1. The van der Waals surface area contributed by atoms with E-state index in [0.717, 1.165) is 87.9 Å². The fourth-order valence-corrected chi connectivity index (χ4v) is 12.2. The number of allylic oxidation sites excluding steroid dienone is 3. The van der Waals surface area contributed by atoms with Crippen molar-refractivity contribution in [2.45, 2.75) is 156 Å². The van der Waals surface area contributed by atoms with Gasteiger partial charge in [-0.1, -0.05) is 151 Å². The van der Waals surface area contributed by atoms with Gasteiger partial charge in [-0.05, 0) is 105 Å². The van der Waals surface area contributed by atoms with E-state index in [2.05, 4.69) is 74.1 Å². The molecule has 7 rings (SSSR count). The summed E-state index contributed by atoms with van der Waals surface area (Å²) in [5.41, 5.74) is 10.8. The van der Waals surface area contributed by atoms with Gasteiger partial charge < -0.3 is 35.2 Å². The van der Waals surface area contributed by atoms with Crippen molar-refractivity contribution in [3.63, 3.8) is 0 Å². The largest absolute Gasteiger partial charge is 2.00 e. The number of Topliss-reactive ketones (excluding diaryl/α,β-unsaturated/α-hetero) is 1. The minimum absolute atomic E-state index is 0. The number of aliphatic hydroxyl groups is 1. The smallest absolute Gasteiger partial charge is 0.681 e. The van der Waals surface area contributed by atoms with Gasteiger partial charge in [-0.25, -0.2) is 0 Å². The van der Waals surface area contributed by atoms with E-state index in [1.165, 1.54) is 75.0 Å². The Morgan fingerprint density at radius 1 is 0.985 bits per heavy atom. The van der Waals surface area contributed by atoms with Gasteiger partial charge >= 0.3 is 29.0 Å². The summed E-state index contributed by atoms with van der Waals surface area (Å²) in [5, 5.41) is 23.3. The molecular formula is C55H75MgN4O5S-. The normalized spacial score (nSPS) is 26.5. The number of carbonyl (C=O) groups is 2. The number of methoxy groups -OCH3 is 1. The van der Waals surface area contributed by atoms with Gasteiger partial charge in [0, 0.05) is 19.1 Å². The minimum atomic E-state index is -1.39. The molecule has 354 valence electrons. The second-order valence-electron chi connectivity index (χ2n) is 20.3. The second-order valence-corrected chi connectivity index (χ2v) is 21.7. The zero-order valence-electron chi connectivity index (χ0n) is 41.6. The predicted octanol–water partition coefficient (Wildman–Crippen LogP) is 9.92. The second kappa shape index (κ2) is 22.5. The van der Waals surface area contributed by atoms with E-state index in [1.54, 1.807) is 0 Å². The summed E-state index contributed by atoms with van der Waals surface area (Å²) < 4.78 is 11.2. The molecule has 1 spiro atoms. The Kier molecular flexibility index (Phi) is 17.8. The van der Waals surface area contributed by atoms with Crippen LogP contribution in [0.4, 0.5) is 0 Å². The molecule has 8 atom stereocenters. The molecular weight excluding hydrogens is 853 g/mol. The van der Waals surface area contributed by atoms with Crippen LogP contribution in [0.25, 0.3) is 40.5 Å². The molecule has 2 aromatic rings. The summed E-state index contributed by atoms with van der Waals surface area (Å²) in [7, 11) is 1.41. The summed E-state index contributed by atoms with van der Waals surface area (Å²) >= 11 is 1.31. The van der Waals surface area contributed by atoms with E-state index in [4.69, 9.17) is 30.1 Å². The number of nitrogens with zero attached hydrogens (tertiary/aromatic N) is 4. The van der Waals surface area contributed by atoms with Crippen molar-refractivity contribution >= 4 is 76.4 Å². The maximum atomic E-state index is 14.5. The molecule has 1 aliphatic carbocycles. The number of fused-ring (bicyclic) bond motifs is 9. The first-order valence-corrected chi connectivity index (χ1v) is 25.7. The van der Waals surface area contributed by atoms with E-state index < -0.39 is 18.2 Å². The quantitative estimate of drug-likeness (QED) is 0.0251. The number of rotatable bonds is 21. The number of carbonyl (C=O) groups excluding carboxylic acids is 2. The van der Waals surface area contributed by atoms with Gasteiger partial charge in [-0.15, -0.1) is 27.8 Å². The zero-order chi connectivity index (χ0) is 46.7. The van der Waals surface area contributed by atoms with E-state index in [-0.39, 0.29) is 64.4 Å². The molecule has 8 bridgehead atoms. The van der Waals surface area contributed by atoms with Crippen molar-refractivity contribution in [3.8, 4) is 0 Å². The SMILES string of the molecule is C=Cc1c2[n-]c(c1C)/C=C1\[N-]C(C3=c4[n-]/c(c(C)c4C(=O)[C@@H]3C(O)OC)=C\C3=C(CC)[C@]4(C[SH+]4)/C(=C/2)[N-]3)[C@@H](CCC(=O)OC/C=C(\C)CCC[C@H](C)CCC[C@H](C)CCCC(C)C)[C@@H]1C.[Mg+2]. The van der Waals surface area contributed by atoms with E-state index in [1.807, 2.05) is 25.2 Å². The molecule has 4 aliphatic heterocycles. The Morgan fingerprint density at radius 2 is 1.67 bits per heavy atom. The van der Waals surface area contributed by atoms with Crippen LogP contribution in [-0.2, 0) is 26.0 Å². The molecule has 6 heterocycles. The van der Waals surface area contributed by atoms with Crippen molar-refractivity contribution in [3.05, 3.63) is 95.9 Å². The Morgan fingerprint density at radius 3 is 2.30 bits per heavy atom. The van der Waals surface area contributed by atoms with Crippen molar-refractivity contribution < 1.29 is 24.2 Å². The molecule has 2 aromatic heterocycles. The fraction of sp³-hybridized carbons (Fsp3) is 0.600. The molecule has 2 saturated heterocycles. The zero-order valence-corrected chi connectivity index (χ0v) is 43.9. The van der Waals surface area contributed by atoms with Gasteiger partial charge in [0.05, 0.1) is 5.92 Å². The number of hydrogen-bond acceptors (Lipinski definition) is 5. The van der Waals surface area contributed by atoms with Crippen molar-refractivity contribution in [1.82, 2.24) is 9.97 Å². The Bertz CT molecular complexity index is 2380. The summed E-state index contributed by atoms with van der Waals surface area (Å²) in [6, 6.07) is -0.544. The van der Waals surface area contributed by atoms with Crippen molar-refractivity contribution in [2.75, 3.05) is 19.5 Å². The Balaban J connectivity index is 0.00000720. The van der Waals surface area contributed by atoms with Gasteiger partial charge in [-0.2, -0.15) is 5.70 Å². The van der Waals surface area contributed by atoms with E-state index in [9.17, 15) is 14.7 Å². The first kappa shape index (κ1) is 52.2. The van der Waals surface area contributed by atoms with Crippen LogP contribution in [0.5, 0.6) is 0 Å². The third-order valence-corrected chi connectivity index (χ3v) is 16.6. The predicted molar refractivity (Wildman–Crippen MR) is 274 cm³/mol. The van der Waals surface area contributed by atoms with Crippen LogP contribution in [-0.4, -0.2) is 76.5 Å². The molecule has 5 aliphatic rings. The Labute approximate surface area is 415 Å². The van der Waals surface area contributed by atoms with Crippen LogP contribution < -0.4 is 20.7 Å². The van der Waals surface area contributed by atoms with Gasteiger partial charge in [0.15, 0.2) is 22.6 Å². The maximum absolute atomic E-state index is 14.5. The van der Waals surface area contributed by atoms with Crippen LogP contribution in [0.2, 0.25) is 0 Å². The van der Waals surface area contributed by atoms with Crippen LogP contribution in [0.15, 0.2) is 40.9 Å². The molecule has 0 saturated carbocycles. The van der Waals surface area contributed by atoms with E-state index in [0.29, 0.717) is 28.3 Å². The van der Waals surface area contributed by atoms with Crippen molar-refractivity contribution in [2.24, 2.45) is 35.5 Å². The van der Waals surface area contributed by atoms with Gasteiger partial charge in [0.1, 0.15) is 6.61 Å². The fourth-order valence-electron chi connectivity index (χ4n) is 10.9. The number of aliphatic hydroxyl groups excluding tert-OH is 1. The Hall–Kier alpha value is -3.22. The first-order valence-electron chi connectivity index (χ1n) is 24.7. The topological polar surface area (TPSA) is 129 Å². The summed E-state index contributed by atoms with van der Waals surface area (Å²) in [6.07, 6.45) is 21.6. The first-order chi connectivity index (χ1) is 31.1. The molecule has 9 nitrogen and oxygen atoms in total. The van der Waals surface area contributed by atoms with Crippen LogP contribution in [0, 0.1) is 49.4 Å². The number of ether oxygens (including phenoxy) is 2. The minimum Gasteiger partial charge on any atom is -0.681 e. The number of aromatic nitrogens is 2. The van der Waals surface area contributed by atoms with Gasteiger partial charge in [0.25, 0.3) is 0 Å². The third-order valence-electron chi connectivity index (χ3n) is 15.2. The molecule has 0 aromatic carbocycles. The summed E-state index contributed by atoms with van der Waals surface area (Å²) in [6.45, 7) is 24.3. The monoisotopic (exact) mass is 928 g/mol. The number of esters is 1. The molecule has 0 amide bonds. The number of thiol groups is 1. The maximum Gasteiger partial charge on any atom is 2.00 e. The number of hydrogen-bond donors (Lipinski definition) is 1. The molecule has 2 fully saturated rings. The van der Waals surface area contributed by atoms with E-state index >= 15 is 0 Å². The summed E-state index contributed by atoms with van der Waals surface area (Å²) in [5.74, 6) is 1.58. The summed E-state index contributed by atoms with van der Waals surface area (Å²) in [4.78, 5) is 38.4. The third kappa shape index (κ3) is 11.0.